The predicted molar refractivity (Wildman–Crippen MR) is 57.3 cm³/mol. The van der Waals surface area contributed by atoms with Gasteiger partial charge in [0.15, 0.2) is 5.82 Å². The van der Waals surface area contributed by atoms with Crippen molar-refractivity contribution in [3.8, 4) is 0 Å². The molecule has 0 saturated carbocycles. The first-order valence-corrected chi connectivity index (χ1v) is 4.83. The summed E-state index contributed by atoms with van der Waals surface area (Å²) >= 11 is 0. The molecule has 0 atom stereocenters. The number of anilines is 1. The number of aromatic amines is 1. The Labute approximate surface area is 92.0 Å². The molecular weight excluding hydrogens is 208 g/mol. The number of amides is 1. The maximum Gasteiger partial charge on any atom is 0.260 e. The van der Waals surface area contributed by atoms with Crippen molar-refractivity contribution in [3.63, 3.8) is 0 Å². The molecule has 2 N–H and O–H groups in total. The van der Waals surface area contributed by atoms with Gasteiger partial charge in [0, 0.05) is 5.56 Å². The summed E-state index contributed by atoms with van der Waals surface area (Å²) in [6.45, 7) is 5.44. The number of hydrogen-bond donors (Lipinski definition) is 2. The molecular formula is C10H12N4O2. The van der Waals surface area contributed by atoms with E-state index < -0.39 is 0 Å². The standard InChI is InChI=1S/C10H12N4O2/c1-5-6(2)16-7(3)9(5)10(15)12-8-4-11-14-13-8/h4H,1-3H3,(H2,11,12,13,14,15). The second kappa shape index (κ2) is 3.80. The summed E-state index contributed by atoms with van der Waals surface area (Å²) in [5.41, 5.74) is 1.40. The highest BCUT2D eigenvalue weighted by Crippen LogP contribution is 2.21. The molecule has 0 aliphatic carbocycles. The first kappa shape index (κ1) is 10.4. The van der Waals surface area contributed by atoms with Crippen molar-refractivity contribution in [3.05, 3.63) is 28.8 Å². The largest absolute Gasteiger partial charge is 0.466 e. The summed E-state index contributed by atoms with van der Waals surface area (Å²) < 4.78 is 5.38. The molecule has 0 bridgehead atoms. The van der Waals surface area contributed by atoms with Crippen LogP contribution in [-0.2, 0) is 0 Å². The number of aromatic nitrogens is 3. The number of aryl methyl sites for hydroxylation is 2. The van der Waals surface area contributed by atoms with E-state index in [1.807, 2.05) is 13.8 Å². The van der Waals surface area contributed by atoms with Gasteiger partial charge in [0.2, 0.25) is 0 Å². The topological polar surface area (TPSA) is 83.8 Å². The van der Waals surface area contributed by atoms with Gasteiger partial charge in [-0.3, -0.25) is 4.79 Å². The lowest BCUT2D eigenvalue weighted by atomic mass is 10.1. The van der Waals surface area contributed by atoms with Gasteiger partial charge in [-0.15, -0.1) is 5.10 Å². The van der Waals surface area contributed by atoms with Crippen molar-refractivity contribution in [1.29, 1.82) is 0 Å². The van der Waals surface area contributed by atoms with Gasteiger partial charge in [0.05, 0.1) is 11.8 Å². The van der Waals surface area contributed by atoms with Crippen LogP contribution in [0.4, 0.5) is 5.82 Å². The van der Waals surface area contributed by atoms with E-state index in [0.29, 0.717) is 17.1 Å². The van der Waals surface area contributed by atoms with Crippen LogP contribution in [0.3, 0.4) is 0 Å². The van der Waals surface area contributed by atoms with Crippen LogP contribution in [0.25, 0.3) is 0 Å². The summed E-state index contributed by atoms with van der Waals surface area (Å²) in [5.74, 6) is 1.52. The van der Waals surface area contributed by atoms with E-state index in [1.54, 1.807) is 6.92 Å². The minimum Gasteiger partial charge on any atom is -0.466 e. The fraction of sp³-hybridized carbons (Fsp3) is 0.300. The SMILES string of the molecule is Cc1oc(C)c(C(=O)Nc2cn[nH]n2)c1C. The highest BCUT2D eigenvalue weighted by molar-refractivity contribution is 6.05. The van der Waals surface area contributed by atoms with Crippen LogP contribution in [0.1, 0.15) is 27.4 Å². The maximum atomic E-state index is 11.9. The molecule has 1 amide bonds. The van der Waals surface area contributed by atoms with Crippen LogP contribution in [0.5, 0.6) is 0 Å². The Morgan fingerprint density at radius 2 is 2.12 bits per heavy atom. The number of nitrogens with one attached hydrogen (secondary N) is 2. The number of H-pyrrole nitrogens is 1. The Balaban J connectivity index is 2.27. The fourth-order valence-electron chi connectivity index (χ4n) is 1.57. The van der Waals surface area contributed by atoms with Crippen molar-refractivity contribution in [2.45, 2.75) is 20.8 Å². The molecule has 2 heterocycles. The van der Waals surface area contributed by atoms with E-state index in [9.17, 15) is 4.79 Å². The summed E-state index contributed by atoms with van der Waals surface area (Å²) in [6.07, 6.45) is 1.44. The van der Waals surface area contributed by atoms with E-state index in [4.69, 9.17) is 4.42 Å². The lowest BCUT2D eigenvalue weighted by Gasteiger charge is -2.00. The molecule has 84 valence electrons. The second-order valence-corrected chi connectivity index (χ2v) is 3.52. The van der Waals surface area contributed by atoms with Crippen molar-refractivity contribution in [2.24, 2.45) is 0 Å². The van der Waals surface area contributed by atoms with Gasteiger partial charge in [-0.05, 0) is 20.8 Å². The Hall–Kier alpha value is -2.11. The molecule has 0 fully saturated rings. The lowest BCUT2D eigenvalue weighted by Crippen LogP contribution is -2.13. The number of nitrogens with zero attached hydrogens (tertiary/aromatic N) is 2. The molecule has 0 aliphatic rings. The Kier molecular flexibility index (Phi) is 2.47. The number of carbonyl (C=O) groups excluding carboxylic acids is 1. The minimum atomic E-state index is -0.235. The van der Waals surface area contributed by atoms with E-state index in [0.717, 1.165) is 11.3 Å². The number of carbonyl (C=O) groups is 1. The summed E-state index contributed by atoms with van der Waals surface area (Å²) in [4.78, 5) is 11.9. The lowest BCUT2D eigenvalue weighted by molar-refractivity contribution is 0.102. The molecule has 2 rings (SSSR count). The van der Waals surface area contributed by atoms with E-state index in [-0.39, 0.29) is 5.91 Å². The van der Waals surface area contributed by atoms with E-state index >= 15 is 0 Å². The third-order valence-electron chi connectivity index (χ3n) is 2.45. The Bertz CT molecular complexity index is 513. The van der Waals surface area contributed by atoms with Crippen LogP contribution < -0.4 is 5.32 Å². The van der Waals surface area contributed by atoms with Gasteiger partial charge in [0.1, 0.15) is 11.5 Å². The normalized spacial score (nSPS) is 10.4. The maximum absolute atomic E-state index is 11.9. The molecule has 0 aromatic carbocycles. The van der Waals surface area contributed by atoms with Gasteiger partial charge in [-0.1, -0.05) is 0 Å². The van der Waals surface area contributed by atoms with E-state index in [1.165, 1.54) is 6.20 Å². The van der Waals surface area contributed by atoms with Crippen molar-refractivity contribution < 1.29 is 9.21 Å². The predicted octanol–water partition coefficient (Wildman–Crippen LogP) is 1.58. The highest BCUT2D eigenvalue weighted by atomic mass is 16.3. The Morgan fingerprint density at radius 3 is 2.62 bits per heavy atom. The quantitative estimate of drug-likeness (QED) is 0.804. The third-order valence-corrected chi connectivity index (χ3v) is 2.45. The highest BCUT2D eigenvalue weighted by Gasteiger charge is 2.18. The molecule has 0 unspecified atom stereocenters. The number of furan rings is 1. The Morgan fingerprint density at radius 1 is 1.38 bits per heavy atom. The zero-order valence-corrected chi connectivity index (χ0v) is 9.29. The minimum absolute atomic E-state index is 0.235. The molecule has 2 aromatic heterocycles. The summed E-state index contributed by atoms with van der Waals surface area (Å²) in [6, 6.07) is 0. The molecule has 0 radical (unpaired) electrons. The monoisotopic (exact) mass is 220 g/mol. The number of hydrogen-bond acceptors (Lipinski definition) is 4. The van der Waals surface area contributed by atoms with Gasteiger partial charge < -0.3 is 9.73 Å². The first-order valence-electron chi connectivity index (χ1n) is 4.83. The average Bonchev–Trinajstić information content (AvgIpc) is 2.77. The van der Waals surface area contributed by atoms with Crippen LogP contribution in [0.2, 0.25) is 0 Å². The van der Waals surface area contributed by atoms with Gasteiger partial charge >= 0.3 is 0 Å². The van der Waals surface area contributed by atoms with Crippen molar-refractivity contribution in [1.82, 2.24) is 15.4 Å². The smallest absolute Gasteiger partial charge is 0.260 e. The average molecular weight is 220 g/mol. The molecule has 0 saturated heterocycles. The zero-order chi connectivity index (χ0) is 11.7. The molecule has 0 aliphatic heterocycles. The van der Waals surface area contributed by atoms with Crippen LogP contribution in [0.15, 0.2) is 10.6 Å². The molecule has 0 spiro atoms. The molecule has 2 aromatic rings. The molecule has 6 nitrogen and oxygen atoms in total. The number of rotatable bonds is 2. The van der Waals surface area contributed by atoms with E-state index in [2.05, 4.69) is 20.7 Å². The summed E-state index contributed by atoms with van der Waals surface area (Å²) in [7, 11) is 0. The van der Waals surface area contributed by atoms with Gasteiger partial charge in [0.25, 0.3) is 5.91 Å². The van der Waals surface area contributed by atoms with Crippen molar-refractivity contribution >= 4 is 11.7 Å². The third kappa shape index (κ3) is 1.69. The van der Waals surface area contributed by atoms with Crippen LogP contribution >= 0.6 is 0 Å². The van der Waals surface area contributed by atoms with Gasteiger partial charge in [-0.25, -0.2) is 0 Å². The molecule has 6 heteroatoms. The fourth-order valence-corrected chi connectivity index (χ4v) is 1.57. The summed E-state index contributed by atoms with van der Waals surface area (Å²) in [5, 5.41) is 12.4. The van der Waals surface area contributed by atoms with Crippen molar-refractivity contribution in [2.75, 3.05) is 5.32 Å². The van der Waals surface area contributed by atoms with Crippen LogP contribution in [0, 0.1) is 20.8 Å². The first-order chi connectivity index (χ1) is 7.59. The molecule has 16 heavy (non-hydrogen) atoms. The van der Waals surface area contributed by atoms with Crippen LogP contribution in [-0.4, -0.2) is 21.3 Å². The zero-order valence-electron chi connectivity index (χ0n) is 9.29. The second-order valence-electron chi connectivity index (χ2n) is 3.52. The van der Waals surface area contributed by atoms with Gasteiger partial charge in [-0.2, -0.15) is 10.3 Å².